The van der Waals surface area contributed by atoms with E-state index in [-0.39, 0.29) is 5.91 Å². The Kier molecular flexibility index (Phi) is 4.18. The van der Waals surface area contributed by atoms with Crippen LogP contribution in [0.25, 0.3) is 0 Å². The summed E-state index contributed by atoms with van der Waals surface area (Å²) in [7, 11) is 0. The first kappa shape index (κ1) is 11.9. The number of piperidine rings is 1. The Balaban J connectivity index is 1.73. The zero-order valence-electron chi connectivity index (χ0n) is 9.95. The van der Waals surface area contributed by atoms with E-state index >= 15 is 0 Å². The van der Waals surface area contributed by atoms with Crippen LogP contribution in [0.2, 0.25) is 0 Å². The van der Waals surface area contributed by atoms with E-state index in [0.717, 1.165) is 25.7 Å². The molecule has 1 aliphatic heterocycles. The molecule has 0 spiro atoms. The number of carbonyl (C=O) groups excluding carboxylic acids is 1. The number of carbonyl (C=O) groups is 1. The van der Waals surface area contributed by atoms with Gasteiger partial charge in [0.15, 0.2) is 0 Å². The predicted molar refractivity (Wildman–Crippen MR) is 64.0 cm³/mol. The number of nitrogens with zero attached hydrogens (tertiary/aromatic N) is 1. The van der Waals surface area contributed by atoms with Crippen LogP contribution in [-0.2, 0) is 4.79 Å². The number of nitrogens with one attached hydrogen (secondary N) is 1. The molecule has 16 heavy (non-hydrogen) atoms. The summed E-state index contributed by atoms with van der Waals surface area (Å²) in [6, 6.07) is 1.40. The largest absolute Gasteiger partial charge is 0.370 e. The first-order valence-electron chi connectivity index (χ1n) is 6.51. The maximum atomic E-state index is 10.8. The number of hydrogen-bond acceptors (Lipinski definition) is 3. The van der Waals surface area contributed by atoms with Crippen molar-refractivity contribution < 1.29 is 4.79 Å². The fourth-order valence-electron chi connectivity index (χ4n) is 2.43. The molecular weight excluding hydrogens is 202 g/mol. The lowest BCUT2D eigenvalue weighted by atomic mass is 10.0. The van der Waals surface area contributed by atoms with Gasteiger partial charge in [-0.25, -0.2) is 0 Å². The highest BCUT2D eigenvalue weighted by molar-refractivity contribution is 5.73. The number of amides is 1. The van der Waals surface area contributed by atoms with E-state index in [9.17, 15) is 4.79 Å². The minimum atomic E-state index is -0.181. The van der Waals surface area contributed by atoms with Crippen molar-refractivity contribution in [3.63, 3.8) is 0 Å². The van der Waals surface area contributed by atoms with Gasteiger partial charge in [0, 0.05) is 31.6 Å². The van der Waals surface area contributed by atoms with Crippen LogP contribution >= 0.6 is 0 Å². The summed E-state index contributed by atoms with van der Waals surface area (Å²) < 4.78 is 0. The average Bonchev–Trinajstić information content (AvgIpc) is 3.08. The molecule has 3 N–H and O–H groups in total. The van der Waals surface area contributed by atoms with E-state index in [2.05, 4.69) is 10.2 Å². The van der Waals surface area contributed by atoms with Gasteiger partial charge in [-0.15, -0.1) is 0 Å². The van der Waals surface area contributed by atoms with Gasteiger partial charge in [-0.05, 0) is 32.2 Å². The molecule has 1 saturated heterocycles. The second-order valence-corrected chi connectivity index (χ2v) is 5.08. The molecule has 0 aromatic heterocycles. The summed E-state index contributed by atoms with van der Waals surface area (Å²) in [6.07, 6.45) is 7.03. The fraction of sp³-hybridized carbons (Fsp3) is 0.917. The molecule has 1 aliphatic carbocycles. The van der Waals surface area contributed by atoms with Crippen LogP contribution in [0.5, 0.6) is 0 Å². The zero-order valence-corrected chi connectivity index (χ0v) is 9.95. The Hall–Kier alpha value is -0.610. The van der Waals surface area contributed by atoms with Crippen LogP contribution in [0.15, 0.2) is 0 Å². The SMILES string of the molecule is NC(=O)CCN1CCCCC1CNC1CC1. The van der Waals surface area contributed by atoms with E-state index in [1.807, 2.05) is 0 Å². The van der Waals surface area contributed by atoms with Crippen molar-refractivity contribution in [2.45, 2.75) is 50.6 Å². The lowest BCUT2D eigenvalue weighted by Gasteiger charge is -2.35. The van der Waals surface area contributed by atoms with Crippen molar-refractivity contribution in [1.29, 1.82) is 0 Å². The molecule has 0 aromatic rings. The molecule has 0 aromatic carbocycles. The van der Waals surface area contributed by atoms with Crippen LogP contribution < -0.4 is 11.1 Å². The van der Waals surface area contributed by atoms with E-state index in [1.165, 1.54) is 32.1 Å². The molecule has 1 amide bonds. The second kappa shape index (κ2) is 5.64. The monoisotopic (exact) mass is 225 g/mol. The minimum absolute atomic E-state index is 0.181. The standard InChI is InChI=1S/C12H23N3O/c13-12(16)6-8-15-7-2-1-3-11(15)9-14-10-4-5-10/h10-11,14H,1-9H2,(H2,13,16). The molecule has 1 unspecified atom stereocenters. The summed E-state index contributed by atoms with van der Waals surface area (Å²) in [5, 5.41) is 3.59. The number of primary amides is 1. The highest BCUT2D eigenvalue weighted by Gasteiger charge is 2.26. The van der Waals surface area contributed by atoms with Crippen LogP contribution in [0.4, 0.5) is 0 Å². The Morgan fingerprint density at radius 1 is 1.31 bits per heavy atom. The van der Waals surface area contributed by atoms with Crippen LogP contribution in [0.1, 0.15) is 38.5 Å². The number of hydrogen-bond donors (Lipinski definition) is 2. The first-order valence-corrected chi connectivity index (χ1v) is 6.51. The van der Waals surface area contributed by atoms with Gasteiger partial charge in [0.25, 0.3) is 0 Å². The molecule has 2 aliphatic rings. The fourth-order valence-corrected chi connectivity index (χ4v) is 2.43. The van der Waals surface area contributed by atoms with Gasteiger partial charge in [0.1, 0.15) is 0 Å². The van der Waals surface area contributed by atoms with E-state index in [1.54, 1.807) is 0 Å². The molecule has 92 valence electrons. The van der Waals surface area contributed by atoms with Crippen molar-refractivity contribution >= 4 is 5.91 Å². The van der Waals surface area contributed by atoms with Crippen molar-refractivity contribution in [1.82, 2.24) is 10.2 Å². The highest BCUT2D eigenvalue weighted by Crippen LogP contribution is 2.21. The maximum Gasteiger partial charge on any atom is 0.218 e. The average molecular weight is 225 g/mol. The van der Waals surface area contributed by atoms with Gasteiger partial charge in [0.2, 0.25) is 5.91 Å². The number of nitrogens with two attached hydrogens (primary N) is 1. The van der Waals surface area contributed by atoms with Gasteiger partial charge in [-0.3, -0.25) is 9.69 Å². The topological polar surface area (TPSA) is 58.4 Å². The second-order valence-electron chi connectivity index (χ2n) is 5.08. The lowest BCUT2D eigenvalue weighted by Crippen LogP contribution is -2.46. The molecule has 1 heterocycles. The zero-order chi connectivity index (χ0) is 11.4. The van der Waals surface area contributed by atoms with Crippen LogP contribution in [0, 0.1) is 0 Å². The van der Waals surface area contributed by atoms with Crippen molar-refractivity contribution in [3.05, 3.63) is 0 Å². The third-order valence-electron chi connectivity index (χ3n) is 3.61. The van der Waals surface area contributed by atoms with E-state index in [4.69, 9.17) is 5.73 Å². The quantitative estimate of drug-likeness (QED) is 0.691. The Morgan fingerprint density at radius 3 is 2.81 bits per heavy atom. The molecule has 1 atom stereocenters. The van der Waals surface area contributed by atoms with Crippen molar-refractivity contribution in [2.24, 2.45) is 5.73 Å². The molecule has 4 heteroatoms. The predicted octanol–water partition coefficient (Wildman–Crippen LogP) is 0.468. The molecule has 0 bridgehead atoms. The Labute approximate surface area is 97.6 Å². The van der Waals surface area contributed by atoms with Crippen LogP contribution in [-0.4, -0.2) is 42.5 Å². The van der Waals surface area contributed by atoms with Crippen molar-refractivity contribution in [3.8, 4) is 0 Å². The Morgan fingerprint density at radius 2 is 2.12 bits per heavy atom. The van der Waals surface area contributed by atoms with Gasteiger partial charge in [-0.1, -0.05) is 6.42 Å². The summed E-state index contributed by atoms with van der Waals surface area (Å²) >= 11 is 0. The lowest BCUT2D eigenvalue weighted by molar-refractivity contribution is -0.118. The first-order chi connectivity index (χ1) is 7.75. The third kappa shape index (κ3) is 3.76. The van der Waals surface area contributed by atoms with Gasteiger partial charge >= 0.3 is 0 Å². The molecule has 2 rings (SSSR count). The third-order valence-corrected chi connectivity index (χ3v) is 3.61. The molecule has 1 saturated carbocycles. The molecule has 4 nitrogen and oxygen atoms in total. The Bertz CT molecular complexity index is 240. The number of likely N-dealkylation sites (tertiary alicyclic amines) is 1. The van der Waals surface area contributed by atoms with Gasteiger partial charge in [-0.2, -0.15) is 0 Å². The summed E-state index contributed by atoms with van der Waals surface area (Å²) in [6.45, 7) is 3.06. The summed E-state index contributed by atoms with van der Waals surface area (Å²) in [4.78, 5) is 13.2. The summed E-state index contributed by atoms with van der Waals surface area (Å²) in [5.74, 6) is -0.181. The van der Waals surface area contributed by atoms with Gasteiger partial charge in [0.05, 0.1) is 0 Å². The van der Waals surface area contributed by atoms with Gasteiger partial charge < -0.3 is 11.1 Å². The highest BCUT2D eigenvalue weighted by atomic mass is 16.1. The smallest absolute Gasteiger partial charge is 0.218 e. The van der Waals surface area contributed by atoms with E-state index in [0.29, 0.717) is 12.5 Å². The van der Waals surface area contributed by atoms with Crippen molar-refractivity contribution in [2.75, 3.05) is 19.6 Å². The van der Waals surface area contributed by atoms with Crippen LogP contribution in [0.3, 0.4) is 0 Å². The summed E-state index contributed by atoms with van der Waals surface area (Å²) in [5.41, 5.74) is 5.21. The molecule has 0 radical (unpaired) electrons. The minimum Gasteiger partial charge on any atom is -0.370 e. The van der Waals surface area contributed by atoms with E-state index < -0.39 is 0 Å². The molecular formula is C12H23N3O. The maximum absolute atomic E-state index is 10.8. The normalized spacial score (nSPS) is 26.9. The number of rotatable bonds is 6. The molecule has 2 fully saturated rings.